The maximum absolute atomic E-state index is 12.8. The zero-order chi connectivity index (χ0) is 44.4. The molecule has 0 radical (unpaired) electrons. The van der Waals surface area contributed by atoms with Gasteiger partial charge in [-0.05, 0) is 44.9 Å². The molecule has 0 saturated heterocycles. The highest BCUT2D eigenvalue weighted by molar-refractivity contribution is 5.71. The molecule has 0 saturated carbocycles. The topological polar surface area (TPSA) is 78.9 Å². The monoisotopic (exact) mass is 859 g/mol. The Bertz CT molecular complexity index is 989. The van der Waals surface area contributed by atoms with Crippen LogP contribution in [0.2, 0.25) is 0 Å². The maximum atomic E-state index is 12.8. The lowest BCUT2D eigenvalue weighted by Gasteiger charge is -2.18. The molecule has 1 unspecified atom stereocenters. The van der Waals surface area contributed by atoms with Gasteiger partial charge in [-0.1, -0.05) is 251 Å². The van der Waals surface area contributed by atoms with Crippen LogP contribution in [0.15, 0.2) is 24.3 Å². The zero-order valence-corrected chi connectivity index (χ0v) is 40.9. The Morgan fingerprint density at radius 3 is 0.984 bits per heavy atom. The Morgan fingerprint density at radius 2 is 0.639 bits per heavy atom. The minimum atomic E-state index is -0.777. The number of esters is 3. The van der Waals surface area contributed by atoms with Crippen molar-refractivity contribution in [2.24, 2.45) is 0 Å². The van der Waals surface area contributed by atoms with Gasteiger partial charge in [0.15, 0.2) is 6.10 Å². The van der Waals surface area contributed by atoms with E-state index in [9.17, 15) is 14.4 Å². The standard InChI is InChI=1S/C55H102O6/c1-4-7-10-13-16-19-21-23-25-27-29-31-33-36-39-42-45-48-54(57)60-51-52(50-59-53(56)47-44-41-38-35-18-15-12-9-6-3)61-55(58)49-46-43-40-37-34-32-30-28-26-24-22-20-17-14-11-8-5-2/h9,12,18,35,52H,4-8,10-11,13-17,19-34,36-51H2,1-3H3/b12-9-,35-18-. The number of rotatable bonds is 49. The second-order valence-corrected chi connectivity index (χ2v) is 18.1. The van der Waals surface area contributed by atoms with E-state index in [1.807, 2.05) is 0 Å². The van der Waals surface area contributed by atoms with Crippen LogP contribution in [0.4, 0.5) is 0 Å². The molecular formula is C55H102O6. The molecule has 0 aromatic heterocycles. The molecule has 0 amide bonds. The van der Waals surface area contributed by atoms with E-state index in [4.69, 9.17) is 14.2 Å². The third-order valence-electron chi connectivity index (χ3n) is 12.0. The number of hydrogen-bond donors (Lipinski definition) is 0. The van der Waals surface area contributed by atoms with Gasteiger partial charge in [0.2, 0.25) is 0 Å². The Labute approximate surface area is 379 Å². The molecule has 0 heterocycles. The minimum Gasteiger partial charge on any atom is -0.462 e. The number of allylic oxidation sites excluding steroid dienone is 4. The van der Waals surface area contributed by atoms with Crippen LogP contribution in [0.25, 0.3) is 0 Å². The van der Waals surface area contributed by atoms with Crippen molar-refractivity contribution < 1.29 is 28.6 Å². The van der Waals surface area contributed by atoms with E-state index in [0.717, 1.165) is 70.6 Å². The van der Waals surface area contributed by atoms with E-state index >= 15 is 0 Å². The van der Waals surface area contributed by atoms with Crippen LogP contribution in [-0.2, 0) is 28.6 Å². The van der Waals surface area contributed by atoms with Gasteiger partial charge in [-0.2, -0.15) is 0 Å². The summed E-state index contributed by atoms with van der Waals surface area (Å²) in [6.07, 6.45) is 57.5. The molecule has 0 N–H and O–H groups in total. The number of carbonyl (C=O) groups is 3. The van der Waals surface area contributed by atoms with Crippen molar-refractivity contribution in [3.63, 3.8) is 0 Å². The SMILES string of the molecule is CC/C=C\C/C=C\CCCCC(=O)OCC(COC(=O)CCCCCCCCCCCCCCCCCCC)OC(=O)CCCCCCCCCCCCCCCCCCC. The number of hydrogen-bond acceptors (Lipinski definition) is 6. The molecule has 0 aromatic carbocycles. The van der Waals surface area contributed by atoms with Crippen molar-refractivity contribution in [3.05, 3.63) is 24.3 Å². The van der Waals surface area contributed by atoms with Crippen LogP contribution in [-0.4, -0.2) is 37.2 Å². The first-order valence-corrected chi connectivity index (χ1v) is 26.8. The summed E-state index contributed by atoms with van der Waals surface area (Å²) in [7, 11) is 0. The van der Waals surface area contributed by atoms with E-state index in [-0.39, 0.29) is 31.1 Å². The molecule has 0 aromatic rings. The van der Waals surface area contributed by atoms with Crippen molar-refractivity contribution >= 4 is 17.9 Å². The van der Waals surface area contributed by atoms with Gasteiger partial charge in [0.1, 0.15) is 13.2 Å². The van der Waals surface area contributed by atoms with Gasteiger partial charge in [0.25, 0.3) is 0 Å². The van der Waals surface area contributed by atoms with Crippen LogP contribution in [0.3, 0.4) is 0 Å². The minimum absolute atomic E-state index is 0.0763. The van der Waals surface area contributed by atoms with E-state index in [1.165, 1.54) is 180 Å². The average molecular weight is 859 g/mol. The normalized spacial score (nSPS) is 12.1. The highest BCUT2D eigenvalue weighted by Crippen LogP contribution is 2.17. The molecule has 61 heavy (non-hydrogen) atoms. The molecule has 0 aliphatic heterocycles. The quantitative estimate of drug-likeness (QED) is 0.0262. The van der Waals surface area contributed by atoms with Gasteiger partial charge in [0.05, 0.1) is 0 Å². The van der Waals surface area contributed by atoms with Crippen LogP contribution in [0.5, 0.6) is 0 Å². The summed E-state index contributed by atoms with van der Waals surface area (Å²) in [6, 6.07) is 0. The molecular weight excluding hydrogens is 757 g/mol. The van der Waals surface area contributed by atoms with Crippen molar-refractivity contribution in [2.45, 2.75) is 297 Å². The summed E-state index contributed by atoms with van der Waals surface area (Å²) in [5.41, 5.74) is 0. The predicted octanol–water partition coefficient (Wildman–Crippen LogP) is 17.5. The molecule has 0 fully saturated rings. The number of carbonyl (C=O) groups excluding carboxylic acids is 3. The lowest BCUT2D eigenvalue weighted by molar-refractivity contribution is -0.167. The first kappa shape index (κ1) is 58.9. The van der Waals surface area contributed by atoms with Crippen LogP contribution >= 0.6 is 0 Å². The average Bonchev–Trinajstić information content (AvgIpc) is 3.26. The van der Waals surface area contributed by atoms with Gasteiger partial charge in [-0.25, -0.2) is 0 Å². The van der Waals surface area contributed by atoms with Gasteiger partial charge < -0.3 is 14.2 Å². The second-order valence-electron chi connectivity index (χ2n) is 18.1. The summed E-state index contributed by atoms with van der Waals surface area (Å²) < 4.78 is 16.8. The number of unbranched alkanes of at least 4 members (excludes halogenated alkanes) is 34. The zero-order valence-electron chi connectivity index (χ0n) is 40.9. The molecule has 0 spiro atoms. The summed E-state index contributed by atoms with van der Waals surface area (Å²) in [4.78, 5) is 37.9. The van der Waals surface area contributed by atoms with E-state index < -0.39 is 6.10 Å². The van der Waals surface area contributed by atoms with Gasteiger partial charge in [-0.3, -0.25) is 14.4 Å². The third-order valence-corrected chi connectivity index (χ3v) is 12.0. The van der Waals surface area contributed by atoms with Crippen molar-refractivity contribution in [3.8, 4) is 0 Å². The molecule has 0 aliphatic rings. The summed E-state index contributed by atoms with van der Waals surface area (Å²) in [5, 5.41) is 0. The van der Waals surface area contributed by atoms with Crippen LogP contribution in [0, 0.1) is 0 Å². The first-order chi connectivity index (χ1) is 30.0. The summed E-state index contributed by atoms with van der Waals surface area (Å²) >= 11 is 0. The lowest BCUT2D eigenvalue weighted by atomic mass is 10.0. The van der Waals surface area contributed by atoms with E-state index in [2.05, 4.69) is 45.1 Å². The first-order valence-electron chi connectivity index (χ1n) is 26.8. The maximum Gasteiger partial charge on any atom is 0.306 e. The fourth-order valence-electron chi connectivity index (χ4n) is 7.95. The molecule has 0 aliphatic carbocycles. The second kappa shape index (κ2) is 50.5. The molecule has 6 nitrogen and oxygen atoms in total. The van der Waals surface area contributed by atoms with Crippen LogP contribution in [0.1, 0.15) is 290 Å². The van der Waals surface area contributed by atoms with Crippen molar-refractivity contribution in [1.82, 2.24) is 0 Å². The highest BCUT2D eigenvalue weighted by atomic mass is 16.6. The largest absolute Gasteiger partial charge is 0.462 e. The van der Waals surface area contributed by atoms with E-state index in [1.54, 1.807) is 0 Å². The Morgan fingerprint density at radius 1 is 0.344 bits per heavy atom. The van der Waals surface area contributed by atoms with Gasteiger partial charge >= 0.3 is 17.9 Å². The van der Waals surface area contributed by atoms with Crippen molar-refractivity contribution in [2.75, 3.05) is 13.2 Å². The molecule has 1 atom stereocenters. The van der Waals surface area contributed by atoms with E-state index in [0.29, 0.717) is 19.3 Å². The molecule has 0 bridgehead atoms. The Hall–Kier alpha value is -2.11. The smallest absolute Gasteiger partial charge is 0.306 e. The fourth-order valence-corrected chi connectivity index (χ4v) is 7.95. The Balaban J connectivity index is 4.26. The van der Waals surface area contributed by atoms with Crippen molar-refractivity contribution in [1.29, 1.82) is 0 Å². The van der Waals surface area contributed by atoms with Gasteiger partial charge in [-0.15, -0.1) is 0 Å². The lowest BCUT2D eigenvalue weighted by Crippen LogP contribution is -2.30. The summed E-state index contributed by atoms with van der Waals surface area (Å²) in [6.45, 7) is 6.53. The predicted molar refractivity (Wildman–Crippen MR) is 261 cm³/mol. The molecule has 6 heteroatoms. The van der Waals surface area contributed by atoms with Crippen LogP contribution < -0.4 is 0 Å². The highest BCUT2D eigenvalue weighted by Gasteiger charge is 2.19. The number of ether oxygens (including phenoxy) is 3. The molecule has 0 rings (SSSR count). The molecule has 358 valence electrons. The van der Waals surface area contributed by atoms with Gasteiger partial charge in [0, 0.05) is 19.3 Å². The Kier molecular flexibility index (Phi) is 48.8. The third kappa shape index (κ3) is 48.8. The fraction of sp³-hybridized carbons (Fsp3) is 0.873. The summed E-state index contributed by atoms with van der Waals surface area (Å²) in [5.74, 6) is -0.898.